The average molecular weight is 313 g/mol. The highest BCUT2D eigenvalue weighted by Gasteiger charge is 2.25. The molecule has 1 atom stereocenters. The summed E-state index contributed by atoms with van der Waals surface area (Å²) < 4.78 is 11.4. The molecule has 2 aliphatic rings. The molecule has 1 aromatic carbocycles. The lowest BCUT2D eigenvalue weighted by Gasteiger charge is -2.38. The first-order valence-corrected chi connectivity index (χ1v) is 8.30. The molecule has 0 bridgehead atoms. The molecule has 1 fully saturated rings. The van der Waals surface area contributed by atoms with Crippen molar-refractivity contribution in [3.63, 3.8) is 0 Å². The van der Waals surface area contributed by atoms with Crippen molar-refractivity contribution in [2.75, 3.05) is 33.4 Å². The second-order valence-electron chi connectivity index (χ2n) is 6.43. The molecular formula is C18H23N3O2. The Balaban J connectivity index is 1.76. The number of rotatable bonds is 1. The number of ether oxygens (including phenoxy) is 2. The van der Waals surface area contributed by atoms with E-state index in [9.17, 15) is 0 Å². The number of nitrogens with one attached hydrogen (secondary N) is 1. The van der Waals surface area contributed by atoms with E-state index in [0.717, 1.165) is 61.4 Å². The first kappa shape index (κ1) is 14.7. The van der Waals surface area contributed by atoms with Gasteiger partial charge in [-0.05, 0) is 31.5 Å². The molecule has 5 heteroatoms. The lowest BCUT2D eigenvalue weighted by molar-refractivity contribution is 0.115. The summed E-state index contributed by atoms with van der Waals surface area (Å²) >= 11 is 0. The van der Waals surface area contributed by atoms with E-state index in [1.165, 1.54) is 5.56 Å². The van der Waals surface area contributed by atoms with Gasteiger partial charge in [0.2, 0.25) is 5.88 Å². The highest BCUT2D eigenvalue weighted by atomic mass is 16.5. The van der Waals surface area contributed by atoms with Crippen LogP contribution in [0.25, 0.3) is 10.9 Å². The Morgan fingerprint density at radius 2 is 2.26 bits per heavy atom. The summed E-state index contributed by atoms with van der Waals surface area (Å²) in [6.45, 7) is 6.92. The van der Waals surface area contributed by atoms with E-state index in [-0.39, 0.29) is 0 Å². The quantitative estimate of drug-likeness (QED) is 0.874. The Morgan fingerprint density at radius 3 is 3.13 bits per heavy atom. The van der Waals surface area contributed by atoms with Crippen LogP contribution in [-0.2, 0) is 6.54 Å². The van der Waals surface area contributed by atoms with Gasteiger partial charge in [0.05, 0.1) is 19.2 Å². The molecule has 1 aromatic heterocycles. The van der Waals surface area contributed by atoms with Crippen molar-refractivity contribution in [3.8, 4) is 11.6 Å². The van der Waals surface area contributed by atoms with Gasteiger partial charge in [-0.3, -0.25) is 4.90 Å². The molecule has 5 nitrogen and oxygen atoms in total. The minimum Gasteiger partial charge on any atom is -0.493 e. The summed E-state index contributed by atoms with van der Waals surface area (Å²) in [4.78, 5) is 7.22. The second-order valence-corrected chi connectivity index (χ2v) is 6.43. The zero-order valence-electron chi connectivity index (χ0n) is 13.8. The zero-order chi connectivity index (χ0) is 15.8. The highest BCUT2D eigenvalue weighted by molar-refractivity contribution is 5.83. The molecule has 1 saturated heterocycles. The lowest BCUT2D eigenvalue weighted by Crippen LogP contribution is -2.51. The van der Waals surface area contributed by atoms with Crippen LogP contribution in [0.5, 0.6) is 11.6 Å². The first-order valence-electron chi connectivity index (χ1n) is 8.30. The Hall–Kier alpha value is -1.85. The van der Waals surface area contributed by atoms with E-state index >= 15 is 0 Å². The van der Waals surface area contributed by atoms with Crippen LogP contribution in [0.1, 0.15) is 17.5 Å². The third-order valence-corrected chi connectivity index (χ3v) is 4.89. The van der Waals surface area contributed by atoms with Crippen molar-refractivity contribution in [2.45, 2.75) is 25.9 Å². The number of pyridine rings is 1. The summed E-state index contributed by atoms with van der Waals surface area (Å²) in [5.41, 5.74) is 3.25. The number of benzene rings is 1. The molecule has 0 amide bonds. The minimum absolute atomic E-state index is 0.563. The number of fused-ring (bicyclic) bond motifs is 3. The Labute approximate surface area is 136 Å². The fourth-order valence-electron chi connectivity index (χ4n) is 3.62. The van der Waals surface area contributed by atoms with Crippen LogP contribution < -0.4 is 14.8 Å². The fraction of sp³-hybridized carbons (Fsp3) is 0.500. The normalized spacial score (nSPS) is 21.7. The number of methoxy groups -OCH3 is 1. The number of aromatic nitrogens is 1. The largest absolute Gasteiger partial charge is 0.493 e. The molecule has 23 heavy (non-hydrogen) atoms. The van der Waals surface area contributed by atoms with Gasteiger partial charge in [-0.25, -0.2) is 4.98 Å². The maximum absolute atomic E-state index is 6.07. The molecule has 0 saturated carbocycles. The van der Waals surface area contributed by atoms with Crippen molar-refractivity contribution in [1.29, 1.82) is 0 Å². The van der Waals surface area contributed by atoms with Crippen molar-refractivity contribution >= 4 is 10.9 Å². The molecule has 122 valence electrons. The number of piperazine rings is 1. The molecule has 2 aliphatic heterocycles. The van der Waals surface area contributed by atoms with Gasteiger partial charge < -0.3 is 14.8 Å². The lowest BCUT2D eigenvalue weighted by atomic mass is 10.0. The molecule has 0 aliphatic carbocycles. The van der Waals surface area contributed by atoms with E-state index in [2.05, 4.69) is 33.4 Å². The van der Waals surface area contributed by atoms with Gasteiger partial charge in [-0.2, -0.15) is 0 Å². The van der Waals surface area contributed by atoms with E-state index in [1.54, 1.807) is 7.11 Å². The van der Waals surface area contributed by atoms with Crippen molar-refractivity contribution in [2.24, 2.45) is 0 Å². The van der Waals surface area contributed by atoms with Gasteiger partial charge in [0, 0.05) is 48.7 Å². The first-order chi connectivity index (χ1) is 11.2. The smallest absolute Gasteiger partial charge is 0.216 e. The van der Waals surface area contributed by atoms with Crippen LogP contribution in [0.2, 0.25) is 0 Å². The van der Waals surface area contributed by atoms with E-state index in [1.807, 2.05) is 6.92 Å². The number of aryl methyl sites for hydroxylation is 1. The Kier molecular flexibility index (Phi) is 3.83. The van der Waals surface area contributed by atoms with E-state index in [4.69, 9.17) is 9.47 Å². The molecule has 0 radical (unpaired) electrons. The predicted molar refractivity (Wildman–Crippen MR) is 90.2 cm³/mol. The topological polar surface area (TPSA) is 46.6 Å². The molecule has 0 spiro atoms. The number of nitrogens with zero attached hydrogens (tertiary/aromatic N) is 2. The highest BCUT2D eigenvalue weighted by Crippen LogP contribution is 2.31. The maximum Gasteiger partial charge on any atom is 0.216 e. The van der Waals surface area contributed by atoms with Crippen LogP contribution in [0.3, 0.4) is 0 Å². The van der Waals surface area contributed by atoms with Gasteiger partial charge in [0.25, 0.3) is 0 Å². The van der Waals surface area contributed by atoms with Gasteiger partial charge >= 0.3 is 0 Å². The predicted octanol–water partition coefficient (Wildman–Crippen LogP) is 2.11. The monoisotopic (exact) mass is 313 g/mol. The van der Waals surface area contributed by atoms with E-state index < -0.39 is 0 Å². The minimum atomic E-state index is 0.563. The van der Waals surface area contributed by atoms with Crippen molar-refractivity contribution in [3.05, 3.63) is 29.3 Å². The third kappa shape index (κ3) is 2.75. The standard InChI is InChI=1S/C18H23N3O2/c1-12-7-13-9-17-14(8-16(13)20-18(12)22-2)11-21-5-4-19-10-15(21)3-6-23-17/h7-9,15,19H,3-6,10-11H2,1-2H3/t15-/m1/s1. The summed E-state index contributed by atoms with van der Waals surface area (Å²) in [7, 11) is 1.67. The fourth-order valence-corrected chi connectivity index (χ4v) is 3.62. The van der Waals surface area contributed by atoms with Crippen LogP contribution in [-0.4, -0.2) is 49.3 Å². The van der Waals surface area contributed by atoms with Crippen molar-refractivity contribution in [1.82, 2.24) is 15.2 Å². The van der Waals surface area contributed by atoms with Crippen LogP contribution in [0.4, 0.5) is 0 Å². The molecule has 4 rings (SSSR count). The summed E-state index contributed by atoms with van der Waals surface area (Å²) in [5, 5.41) is 4.59. The van der Waals surface area contributed by atoms with Gasteiger partial charge in [-0.15, -0.1) is 0 Å². The molecule has 2 aromatic rings. The molecule has 0 unspecified atom stereocenters. The summed E-state index contributed by atoms with van der Waals surface area (Å²) in [6, 6.07) is 6.98. The van der Waals surface area contributed by atoms with Gasteiger partial charge in [0.1, 0.15) is 5.75 Å². The van der Waals surface area contributed by atoms with Crippen LogP contribution in [0.15, 0.2) is 18.2 Å². The summed E-state index contributed by atoms with van der Waals surface area (Å²) in [6.07, 6.45) is 1.07. The third-order valence-electron chi connectivity index (χ3n) is 4.89. The molecule has 3 heterocycles. The number of hydrogen-bond acceptors (Lipinski definition) is 5. The molecule has 1 N–H and O–H groups in total. The zero-order valence-corrected chi connectivity index (χ0v) is 13.8. The maximum atomic E-state index is 6.07. The summed E-state index contributed by atoms with van der Waals surface area (Å²) in [5.74, 6) is 1.70. The van der Waals surface area contributed by atoms with Gasteiger partial charge in [-0.1, -0.05) is 0 Å². The number of hydrogen-bond donors (Lipinski definition) is 1. The van der Waals surface area contributed by atoms with Crippen LogP contribution in [0, 0.1) is 6.92 Å². The van der Waals surface area contributed by atoms with Gasteiger partial charge in [0.15, 0.2) is 0 Å². The Bertz CT molecular complexity index is 732. The van der Waals surface area contributed by atoms with Crippen LogP contribution >= 0.6 is 0 Å². The SMILES string of the molecule is COc1nc2cc3c(cc2cc1C)OCC[C@@H]1CNCCN1C3. The Morgan fingerprint density at radius 1 is 1.35 bits per heavy atom. The van der Waals surface area contributed by atoms with Crippen molar-refractivity contribution < 1.29 is 9.47 Å². The average Bonchev–Trinajstić information content (AvgIpc) is 2.54. The molecular weight excluding hydrogens is 290 g/mol. The van der Waals surface area contributed by atoms with E-state index in [0.29, 0.717) is 11.9 Å². The second kappa shape index (κ2) is 5.98.